The summed E-state index contributed by atoms with van der Waals surface area (Å²) in [5.74, 6) is -0.904. The lowest BCUT2D eigenvalue weighted by Crippen LogP contribution is -1.95. The van der Waals surface area contributed by atoms with Gasteiger partial charge in [-0.3, -0.25) is 0 Å². The van der Waals surface area contributed by atoms with Crippen molar-refractivity contribution >= 4 is 51.2 Å². The lowest BCUT2D eigenvalue weighted by atomic mass is 10.1. The minimum absolute atomic E-state index is 0.0121. The number of aliphatic hydroxyl groups is 1. The average molecular weight is 393 g/mol. The lowest BCUT2D eigenvalue weighted by Gasteiger charge is -2.04. The Kier molecular flexibility index (Phi) is 5.43. The van der Waals surface area contributed by atoms with Crippen molar-refractivity contribution in [2.24, 2.45) is 0 Å². The summed E-state index contributed by atoms with van der Waals surface area (Å²) in [6.07, 6.45) is 1.94. The molecule has 0 spiro atoms. The largest absolute Gasteiger partial charge is 0.477 e. The molecule has 0 aliphatic rings. The summed E-state index contributed by atoms with van der Waals surface area (Å²) in [5, 5.41) is 24.5. The Morgan fingerprint density at radius 1 is 1.40 bits per heavy atom. The number of rotatable bonds is 6. The number of nitrogens with zero attached hydrogens (tertiary/aromatic N) is 1. The van der Waals surface area contributed by atoms with Gasteiger partial charge in [-0.15, -0.1) is 34.4 Å². The van der Waals surface area contributed by atoms with E-state index in [1.807, 2.05) is 42.8 Å². The Labute approximate surface area is 157 Å². The third-order valence-corrected chi connectivity index (χ3v) is 6.77. The number of nitrogens with one attached hydrogen (secondary N) is 1. The van der Waals surface area contributed by atoms with E-state index in [1.165, 1.54) is 34.4 Å². The summed E-state index contributed by atoms with van der Waals surface area (Å²) in [6.45, 7) is 1.81. The van der Waals surface area contributed by atoms with E-state index in [0.717, 1.165) is 37.4 Å². The van der Waals surface area contributed by atoms with Crippen molar-refractivity contribution in [1.82, 2.24) is 4.98 Å². The van der Waals surface area contributed by atoms with Crippen molar-refractivity contribution < 1.29 is 15.0 Å². The van der Waals surface area contributed by atoms with Gasteiger partial charge in [0, 0.05) is 16.6 Å². The highest BCUT2D eigenvalue weighted by atomic mass is 32.2. The van der Waals surface area contributed by atoms with E-state index in [1.54, 1.807) is 0 Å². The maximum atomic E-state index is 11.4. The van der Waals surface area contributed by atoms with E-state index >= 15 is 0 Å². The number of benzene rings is 1. The maximum absolute atomic E-state index is 11.4. The highest BCUT2D eigenvalue weighted by Gasteiger charge is 2.22. The Balaban J connectivity index is 1.92. The van der Waals surface area contributed by atoms with Crippen LogP contribution >= 0.6 is 34.4 Å². The van der Waals surface area contributed by atoms with Gasteiger partial charge in [0.15, 0.2) is 5.13 Å². The van der Waals surface area contributed by atoms with Crippen molar-refractivity contribution in [2.75, 3.05) is 11.6 Å². The summed E-state index contributed by atoms with van der Waals surface area (Å²) in [6, 6.07) is 7.50. The number of aliphatic hydroxyl groups excluding tert-OH is 1. The first-order valence-corrected chi connectivity index (χ1v) is 10.3. The quantitative estimate of drug-likeness (QED) is 0.521. The summed E-state index contributed by atoms with van der Waals surface area (Å²) in [4.78, 5) is 16.4. The normalized spacial score (nSPS) is 10.8. The van der Waals surface area contributed by atoms with Crippen molar-refractivity contribution in [3.63, 3.8) is 0 Å². The highest BCUT2D eigenvalue weighted by Crippen LogP contribution is 2.42. The number of aromatic nitrogens is 1. The zero-order valence-electron chi connectivity index (χ0n) is 13.6. The molecule has 0 amide bonds. The fourth-order valence-corrected chi connectivity index (χ4v) is 5.10. The molecule has 3 rings (SSSR count). The molecule has 0 atom stereocenters. The number of carbonyl (C=O) groups is 1. The monoisotopic (exact) mass is 392 g/mol. The highest BCUT2D eigenvalue weighted by molar-refractivity contribution is 8.00. The van der Waals surface area contributed by atoms with Crippen LogP contribution in [-0.4, -0.2) is 27.4 Å². The Bertz CT molecular complexity index is 918. The first-order chi connectivity index (χ1) is 12.0. The van der Waals surface area contributed by atoms with Gasteiger partial charge in [0.25, 0.3) is 0 Å². The number of carboxylic acid groups (broad SMARTS) is 1. The predicted molar refractivity (Wildman–Crippen MR) is 105 cm³/mol. The molecule has 0 fully saturated rings. The van der Waals surface area contributed by atoms with Crippen LogP contribution in [0.15, 0.2) is 33.9 Å². The summed E-state index contributed by atoms with van der Waals surface area (Å²) in [7, 11) is 0. The van der Waals surface area contributed by atoms with Crippen LogP contribution in [0, 0.1) is 6.92 Å². The van der Waals surface area contributed by atoms with Crippen LogP contribution in [-0.2, 0) is 6.61 Å². The first kappa shape index (κ1) is 17.9. The predicted octanol–water partition coefficient (Wildman–Crippen LogP) is 4.84. The number of thioether (sulfide) groups is 1. The van der Waals surface area contributed by atoms with Crippen LogP contribution in [0.5, 0.6) is 0 Å². The number of hydrogen-bond acceptors (Lipinski definition) is 7. The Morgan fingerprint density at radius 2 is 2.20 bits per heavy atom. The molecule has 0 bridgehead atoms. The summed E-state index contributed by atoms with van der Waals surface area (Å²) >= 11 is 4.28. The molecule has 2 aromatic heterocycles. The molecule has 25 heavy (non-hydrogen) atoms. The van der Waals surface area contributed by atoms with Gasteiger partial charge >= 0.3 is 5.97 Å². The standard InChI is InChI=1S/C17H16N2O3S3/c1-9-13(16(23-2)25-14(9)15(21)22)12-8-24-17(19-12)18-11-5-3-4-10(6-11)7-20/h3-6,8,20H,7H2,1-2H3,(H,18,19)(H,21,22). The first-order valence-electron chi connectivity index (χ1n) is 7.37. The zero-order chi connectivity index (χ0) is 18.0. The number of thiophene rings is 1. The Morgan fingerprint density at radius 3 is 2.88 bits per heavy atom. The van der Waals surface area contributed by atoms with Crippen molar-refractivity contribution in [1.29, 1.82) is 0 Å². The molecule has 0 unspecified atom stereocenters. The fraction of sp³-hybridized carbons (Fsp3) is 0.176. The van der Waals surface area contributed by atoms with Gasteiger partial charge in [0.2, 0.25) is 0 Å². The topological polar surface area (TPSA) is 82.5 Å². The molecule has 3 aromatic rings. The molecule has 5 nitrogen and oxygen atoms in total. The molecule has 0 saturated carbocycles. The lowest BCUT2D eigenvalue weighted by molar-refractivity contribution is 0.0701. The van der Waals surface area contributed by atoms with Crippen LogP contribution in [0.25, 0.3) is 11.3 Å². The zero-order valence-corrected chi connectivity index (χ0v) is 16.0. The number of hydrogen-bond donors (Lipinski definition) is 3. The second-order valence-electron chi connectivity index (χ2n) is 5.25. The molecule has 0 aliphatic carbocycles. The van der Waals surface area contributed by atoms with E-state index in [2.05, 4.69) is 10.3 Å². The fourth-order valence-electron chi connectivity index (χ4n) is 2.45. The third-order valence-electron chi connectivity index (χ3n) is 3.62. The van der Waals surface area contributed by atoms with Gasteiger partial charge in [-0.1, -0.05) is 12.1 Å². The van der Waals surface area contributed by atoms with Crippen LogP contribution in [0.4, 0.5) is 10.8 Å². The molecular formula is C17H16N2O3S3. The van der Waals surface area contributed by atoms with Crippen LogP contribution in [0.2, 0.25) is 0 Å². The van der Waals surface area contributed by atoms with Gasteiger partial charge in [0.05, 0.1) is 16.5 Å². The molecule has 130 valence electrons. The third kappa shape index (κ3) is 3.72. The van der Waals surface area contributed by atoms with Gasteiger partial charge in [0.1, 0.15) is 4.88 Å². The number of carboxylic acids is 1. The molecule has 8 heteroatoms. The molecule has 0 radical (unpaired) electrons. The molecule has 0 saturated heterocycles. The van der Waals surface area contributed by atoms with Crippen molar-refractivity contribution in [2.45, 2.75) is 17.7 Å². The summed E-state index contributed by atoms with van der Waals surface area (Å²) < 4.78 is 0.953. The van der Waals surface area contributed by atoms with E-state index in [4.69, 9.17) is 0 Å². The van der Waals surface area contributed by atoms with E-state index < -0.39 is 5.97 Å². The van der Waals surface area contributed by atoms with E-state index in [-0.39, 0.29) is 6.61 Å². The minimum Gasteiger partial charge on any atom is -0.477 e. The number of anilines is 2. The summed E-state index contributed by atoms with van der Waals surface area (Å²) in [5.41, 5.74) is 4.10. The minimum atomic E-state index is -0.904. The second-order valence-corrected chi connectivity index (χ2v) is 8.20. The van der Waals surface area contributed by atoms with E-state index in [9.17, 15) is 15.0 Å². The van der Waals surface area contributed by atoms with Crippen molar-refractivity contribution in [3.8, 4) is 11.3 Å². The molecule has 2 heterocycles. The van der Waals surface area contributed by atoms with Gasteiger partial charge in [-0.05, 0) is 36.4 Å². The molecule has 1 aromatic carbocycles. The van der Waals surface area contributed by atoms with Gasteiger partial charge < -0.3 is 15.5 Å². The average Bonchev–Trinajstić information content (AvgIpc) is 3.18. The van der Waals surface area contributed by atoms with Crippen LogP contribution in [0.3, 0.4) is 0 Å². The number of aromatic carboxylic acids is 1. The maximum Gasteiger partial charge on any atom is 0.346 e. The van der Waals surface area contributed by atoms with Gasteiger partial charge in [-0.2, -0.15) is 0 Å². The SMILES string of the molecule is CSc1sc(C(=O)O)c(C)c1-c1csc(Nc2cccc(CO)c2)n1. The molecule has 0 aliphatic heterocycles. The van der Waals surface area contributed by atoms with E-state index in [0.29, 0.717) is 4.88 Å². The second kappa shape index (κ2) is 7.57. The van der Waals surface area contributed by atoms with Gasteiger partial charge in [-0.25, -0.2) is 9.78 Å². The molecular weight excluding hydrogens is 376 g/mol. The van der Waals surface area contributed by atoms with Crippen LogP contribution in [0.1, 0.15) is 20.8 Å². The van der Waals surface area contributed by atoms with Crippen molar-refractivity contribution in [3.05, 3.63) is 45.6 Å². The van der Waals surface area contributed by atoms with Crippen LogP contribution < -0.4 is 5.32 Å². The smallest absolute Gasteiger partial charge is 0.346 e. The number of thiazole rings is 1. The Hall–Kier alpha value is -1.87. The molecule has 3 N–H and O–H groups in total.